The number of benzene rings is 1. The van der Waals surface area contributed by atoms with Gasteiger partial charge in [-0.2, -0.15) is 0 Å². The number of fused-ring (bicyclic) bond motifs is 1. The molecule has 2 aromatic heterocycles. The largest absolute Gasteiger partial charge is 0.486 e. The van der Waals surface area contributed by atoms with Crippen molar-refractivity contribution in [1.82, 2.24) is 14.7 Å². The summed E-state index contributed by atoms with van der Waals surface area (Å²) in [7, 11) is 0. The molecule has 0 aliphatic heterocycles. The molecule has 3 aromatic rings. The fourth-order valence-electron chi connectivity index (χ4n) is 2.84. The second-order valence-corrected chi connectivity index (χ2v) is 8.97. The molecule has 0 unspecified atom stereocenters. The molecule has 0 aliphatic rings. The Morgan fingerprint density at radius 2 is 2.03 bits per heavy atom. The summed E-state index contributed by atoms with van der Waals surface area (Å²) in [5.74, 6) is -0.984. The van der Waals surface area contributed by atoms with Crippen LogP contribution in [0.2, 0.25) is 10.0 Å². The molecule has 0 aliphatic carbocycles. The van der Waals surface area contributed by atoms with E-state index in [-0.39, 0.29) is 30.2 Å². The summed E-state index contributed by atoms with van der Waals surface area (Å²) in [5.41, 5.74) is 0.118. The van der Waals surface area contributed by atoms with Crippen molar-refractivity contribution in [1.29, 1.82) is 0 Å². The molecule has 10 heteroatoms. The molecule has 0 spiro atoms. The maximum absolute atomic E-state index is 12.8. The Hall–Kier alpha value is -2.42. The maximum atomic E-state index is 12.8. The lowest BCUT2D eigenvalue weighted by atomic mass is 10.1. The van der Waals surface area contributed by atoms with Crippen LogP contribution in [0.1, 0.15) is 40.7 Å². The molecule has 1 N–H and O–H groups in total. The van der Waals surface area contributed by atoms with Gasteiger partial charge in [-0.25, -0.2) is 4.98 Å². The number of rotatable bonds is 9. The van der Waals surface area contributed by atoms with Crippen LogP contribution in [0.15, 0.2) is 29.2 Å². The van der Waals surface area contributed by atoms with Crippen LogP contribution in [0.4, 0.5) is 0 Å². The third-order valence-corrected chi connectivity index (χ3v) is 6.03. The zero-order chi connectivity index (χ0) is 22.5. The summed E-state index contributed by atoms with van der Waals surface area (Å²) in [6, 6.07) is 4.92. The van der Waals surface area contributed by atoms with Crippen molar-refractivity contribution in [2.45, 2.75) is 33.1 Å². The summed E-state index contributed by atoms with van der Waals surface area (Å²) in [6.45, 7) is 3.90. The Kier molecular flexibility index (Phi) is 7.69. The number of carbonyl (C=O) groups is 2. The Bertz CT molecular complexity index is 1190. The number of amides is 1. The zero-order valence-corrected chi connectivity index (χ0v) is 19.4. The van der Waals surface area contributed by atoms with Crippen molar-refractivity contribution >= 4 is 51.2 Å². The van der Waals surface area contributed by atoms with E-state index in [1.807, 2.05) is 13.8 Å². The van der Waals surface area contributed by atoms with E-state index in [0.717, 1.165) is 17.7 Å². The second-order valence-electron chi connectivity index (χ2n) is 6.94. The molecule has 0 fully saturated rings. The predicted molar refractivity (Wildman–Crippen MR) is 122 cm³/mol. The molecule has 0 saturated heterocycles. The molecule has 0 radical (unpaired) electrons. The number of thiazole rings is 1. The van der Waals surface area contributed by atoms with Crippen LogP contribution in [0.25, 0.3) is 4.96 Å². The number of unbranched alkanes of at least 4 members (excludes halogenated alkanes) is 1. The van der Waals surface area contributed by atoms with E-state index >= 15 is 0 Å². The van der Waals surface area contributed by atoms with Crippen LogP contribution in [-0.4, -0.2) is 34.2 Å². The van der Waals surface area contributed by atoms with Crippen LogP contribution in [0.3, 0.4) is 0 Å². The van der Waals surface area contributed by atoms with E-state index < -0.39 is 11.5 Å². The number of ether oxygens (including phenoxy) is 1. The van der Waals surface area contributed by atoms with Crippen LogP contribution >= 0.6 is 34.5 Å². The lowest BCUT2D eigenvalue weighted by molar-refractivity contribution is -0.117. The minimum Gasteiger partial charge on any atom is -0.486 e. The van der Waals surface area contributed by atoms with Gasteiger partial charge in [0.25, 0.3) is 5.91 Å². The van der Waals surface area contributed by atoms with Crippen molar-refractivity contribution in [2.24, 2.45) is 0 Å². The first kappa shape index (κ1) is 23.2. The molecular formula is C21H21Cl2N3O4S. The van der Waals surface area contributed by atoms with Crippen molar-refractivity contribution in [2.75, 3.05) is 13.2 Å². The summed E-state index contributed by atoms with van der Waals surface area (Å²) in [6.07, 6.45) is 3.34. The molecule has 0 saturated carbocycles. The number of hydrogen-bond donors (Lipinski definition) is 1. The highest BCUT2D eigenvalue weighted by Crippen LogP contribution is 2.23. The van der Waals surface area contributed by atoms with E-state index in [1.54, 1.807) is 24.4 Å². The van der Waals surface area contributed by atoms with Gasteiger partial charge in [0, 0.05) is 17.5 Å². The van der Waals surface area contributed by atoms with Gasteiger partial charge >= 0.3 is 5.56 Å². The van der Waals surface area contributed by atoms with Gasteiger partial charge in [0.1, 0.15) is 0 Å². The molecule has 1 aromatic carbocycles. The quantitative estimate of drug-likeness (QED) is 0.464. The first-order valence-corrected chi connectivity index (χ1v) is 11.3. The summed E-state index contributed by atoms with van der Waals surface area (Å²) >= 11 is 13.1. The number of hydrogen-bond acceptors (Lipinski definition) is 6. The topological polar surface area (TPSA) is 89.8 Å². The van der Waals surface area contributed by atoms with Gasteiger partial charge < -0.3 is 10.1 Å². The SMILES string of the molecule is CCCCOc1c(C(=O)NCC(=O)Cc2ccc(Cl)c(Cl)c2)nc2sc(C)cn2c1=O. The Morgan fingerprint density at radius 3 is 2.74 bits per heavy atom. The smallest absolute Gasteiger partial charge is 0.301 e. The Morgan fingerprint density at radius 1 is 1.26 bits per heavy atom. The molecule has 0 atom stereocenters. The van der Waals surface area contributed by atoms with E-state index in [0.29, 0.717) is 27.2 Å². The molecule has 3 rings (SSSR count). The monoisotopic (exact) mass is 481 g/mol. The van der Waals surface area contributed by atoms with Gasteiger partial charge in [-0.15, -0.1) is 11.3 Å². The minimum absolute atomic E-state index is 0.0796. The number of aromatic nitrogens is 2. The number of aryl methyl sites for hydroxylation is 1. The second kappa shape index (κ2) is 10.3. The highest BCUT2D eigenvalue weighted by molar-refractivity contribution is 7.16. The normalized spacial score (nSPS) is 11.0. The van der Waals surface area contributed by atoms with Gasteiger partial charge in [0.15, 0.2) is 16.4 Å². The molecule has 31 heavy (non-hydrogen) atoms. The average molecular weight is 482 g/mol. The van der Waals surface area contributed by atoms with Gasteiger partial charge in [0.05, 0.1) is 23.2 Å². The molecule has 0 bridgehead atoms. The van der Waals surface area contributed by atoms with Crippen molar-refractivity contribution < 1.29 is 14.3 Å². The third kappa shape index (κ3) is 5.64. The Balaban J connectivity index is 1.77. The van der Waals surface area contributed by atoms with E-state index in [4.69, 9.17) is 27.9 Å². The molecule has 164 valence electrons. The molecular weight excluding hydrogens is 461 g/mol. The van der Waals surface area contributed by atoms with Gasteiger partial charge in [-0.3, -0.25) is 18.8 Å². The predicted octanol–water partition coefficient (Wildman–Crippen LogP) is 4.09. The number of ketones is 1. The average Bonchev–Trinajstić information content (AvgIpc) is 3.11. The number of nitrogens with zero attached hydrogens (tertiary/aromatic N) is 2. The molecule has 1 amide bonds. The number of carbonyl (C=O) groups excluding carboxylic acids is 2. The van der Waals surface area contributed by atoms with Crippen LogP contribution in [0.5, 0.6) is 5.75 Å². The number of halogens is 2. The standard InChI is InChI=1S/C21H21Cl2N3O4S/c1-3-4-7-30-18-17(25-21-26(20(18)29)11-12(2)31-21)19(28)24-10-14(27)8-13-5-6-15(22)16(23)9-13/h5-6,9,11H,3-4,7-8,10H2,1-2H3,(H,24,28). The molecule has 2 heterocycles. The minimum atomic E-state index is -0.639. The van der Waals surface area contributed by atoms with Gasteiger partial charge in [-0.05, 0) is 31.0 Å². The summed E-state index contributed by atoms with van der Waals surface area (Å²) in [5, 5.41) is 3.30. The van der Waals surface area contributed by atoms with E-state index in [2.05, 4.69) is 10.3 Å². The lowest BCUT2D eigenvalue weighted by Crippen LogP contribution is -2.33. The van der Waals surface area contributed by atoms with Crippen LogP contribution in [-0.2, 0) is 11.2 Å². The van der Waals surface area contributed by atoms with Crippen LogP contribution in [0, 0.1) is 6.92 Å². The van der Waals surface area contributed by atoms with Crippen molar-refractivity contribution in [3.8, 4) is 5.75 Å². The summed E-state index contributed by atoms with van der Waals surface area (Å²) < 4.78 is 6.98. The fourth-order valence-corrected chi connectivity index (χ4v) is 3.98. The van der Waals surface area contributed by atoms with E-state index in [1.165, 1.54) is 15.7 Å². The third-order valence-electron chi connectivity index (χ3n) is 4.40. The number of nitrogens with one attached hydrogen (secondary N) is 1. The van der Waals surface area contributed by atoms with E-state index in [9.17, 15) is 14.4 Å². The first-order valence-electron chi connectivity index (χ1n) is 9.69. The summed E-state index contributed by atoms with van der Waals surface area (Å²) in [4.78, 5) is 43.5. The lowest BCUT2D eigenvalue weighted by Gasteiger charge is -2.10. The van der Waals surface area contributed by atoms with Gasteiger partial charge in [-0.1, -0.05) is 42.6 Å². The highest BCUT2D eigenvalue weighted by atomic mass is 35.5. The first-order chi connectivity index (χ1) is 14.8. The Labute approximate surface area is 193 Å². The fraction of sp³-hybridized carbons (Fsp3) is 0.333. The maximum Gasteiger partial charge on any atom is 0.301 e. The zero-order valence-electron chi connectivity index (χ0n) is 17.0. The van der Waals surface area contributed by atoms with Crippen molar-refractivity contribution in [3.63, 3.8) is 0 Å². The highest BCUT2D eigenvalue weighted by Gasteiger charge is 2.22. The molecule has 7 nitrogen and oxygen atoms in total. The van der Waals surface area contributed by atoms with Crippen molar-refractivity contribution in [3.05, 3.63) is 60.9 Å². The van der Waals surface area contributed by atoms with Crippen LogP contribution < -0.4 is 15.6 Å². The van der Waals surface area contributed by atoms with Gasteiger partial charge in [0.2, 0.25) is 5.75 Å². The number of Topliss-reactive ketones (excluding diaryl/α,β-unsaturated/α-hetero) is 1.